The number of primary amides is 1. The normalized spacial score (nSPS) is 19.8. The van der Waals surface area contributed by atoms with Gasteiger partial charge in [-0.05, 0) is 37.6 Å². The molecule has 0 aliphatic carbocycles. The van der Waals surface area contributed by atoms with Crippen LogP contribution in [0.25, 0.3) is 0 Å². The molecule has 1 saturated heterocycles. The summed E-state index contributed by atoms with van der Waals surface area (Å²) in [5.74, 6) is 0.472. The van der Waals surface area contributed by atoms with Crippen molar-refractivity contribution in [3.63, 3.8) is 0 Å². The molecule has 1 fully saturated rings. The Balaban J connectivity index is 1.44. The summed E-state index contributed by atoms with van der Waals surface area (Å²) >= 11 is 0. The van der Waals surface area contributed by atoms with Crippen LogP contribution >= 0.6 is 0 Å². The van der Waals surface area contributed by atoms with E-state index in [9.17, 15) is 9.90 Å². The van der Waals surface area contributed by atoms with Gasteiger partial charge >= 0.3 is 0 Å². The van der Waals surface area contributed by atoms with Crippen molar-refractivity contribution in [1.82, 2.24) is 15.1 Å². The number of carbonyl (C=O) groups is 1. The van der Waals surface area contributed by atoms with Gasteiger partial charge in [0, 0.05) is 24.7 Å². The number of hydrogen-bond donors (Lipinski definition) is 3. The lowest BCUT2D eigenvalue weighted by atomic mass is 9.94. The van der Waals surface area contributed by atoms with Gasteiger partial charge in [-0.2, -0.15) is 5.10 Å². The minimum absolute atomic E-state index is 0.255. The van der Waals surface area contributed by atoms with E-state index in [-0.39, 0.29) is 18.2 Å². The standard InChI is InChI=1S/C17H24N4O4/c18-17(23)16-7-15(19-20-16)12-3-1-5-21(8-12)9-13(22)10-24-11-14-4-2-6-25-14/h2,4,6-7,12-13,22H,1,3,5,8-11H2,(H2,18,23)(H,19,20)/t12-,13+/m0/s1. The summed E-state index contributed by atoms with van der Waals surface area (Å²) in [6, 6.07) is 5.37. The Labute approximate surface area is 145 Å². The molecule has 0 radical (unpaired) electrons. The van der Waals surface area contributed by atoms with E-state index in [2.05, 4.69) is 15.1 Å². The monoisotopic (exact) mass is 348 g/mol. The van der Waals surface area contributed by atoms with Crippen molar-refractivity contribution in [1.29, 1.82) is 0 Å². The molecule has 1 aliphatic heterocycles. The summed E-state index contributed by atoms with van der Waals surface area (Å²) in [6.07, 6.45) is 3.08. The second-order valence-electron chi connectivity index (χ2n) is 6.42. The van der Waals surface area contributed by atoms with Crippen LogP contribution in [-0.2, 0) is 11.3 Å². The molecule has 8 heteroatoms. The lowest BCUT2D eigenvalue weighted by Gasteiger charge is -2.33. The number of rotatable bonds is 8. The third-order valence-corrected chi connectivity index (χ3v) is 4.40. The van der Waals surface area contributed by atoms with Crippen molar-refractivity contribution in [3.05, 3.63) is 41.6 Å². The number of carbonyl (C=O) groups excluding carboxylic acids is 1. The molecule has 2 aromatic heterocycles. The number of aromatic nitrogens is 2. The predicted molar refractivity (Wildman–Crippen MR) is 89.9 cm³/mol. The van der Waals surface area contributed by atoms with Gasteiger partial charge in [0.1, 0.15) is 18.1 Å². The van der Waals surface area contributed by atoms with E-state index >= 15 is 0 Å². The summed E-state index contributed by atoms with van der Waals surface area (Å²) in [5, 5.41) is 17.0. The number of amides is 1. The van der Waals surface area contributed by atoms with Gasteiger partial charge in [-0.1, -0.05) is 0 Å². The fourth-order valence-corrected chi connectivity index (χ4v) is 3.19. The van der Waals surface area contributed by atoms with Crippen LogP contribution in [0, 0.1) is 0 Å². The number of hydrogen-bond acceptors (Lipinski definition) is 6. The molecule has 2 atom stereocenters. The van der Waals surface area contributed by atoms with Gasteiger partial charge in [-0.3, -0.25) is 9.89 Å². The number of nitrogens with zero attached hydrogens (tertiary/aromatic N) is 2. The average Bonchev–Trinajstić information content (AvgIpc) is 3.27. The number of ether oxygens (including phenoxy) is 1. The third-order valence-electron chi connectivity index (χ3n) is 4.40. The highest BCUT2D eigenvalue weighted by molar-refractivity contribution is 5.90. The maximum absolute atomic E-state index is 11.2. The zero-order valence-electron chi connectivity index (χ0n) is 14.1. The van der Waals surface area contributed by atoms with Crippen molar-refractivity contribution < 1.29 is 19.1 Å². The van der Waals surface area contributed by atoms with Gasteiger partial charge in [-0.15, -0.1) is 0 Å². The average molecular weight is 348 g/mol. The Kier molecular flexibility index (Phi) is 5.85. The topological polar surface area (TPSA) is 118 Å². The number of aliphatic hydroxyl groups is 1. The van der Waals surface area contributed by atoms with Crippen LogP contribution in [0.5, 0.6) is 0 Å². The van der Waals surface area contributed by atoms with E-state index in [4.69, 9.17) is 14.9 Å². The Morgan fingerprint density at radius 1 is 1.60 bits per heavy atom. The summed E-state index contributed by atoms with van der Waals surface area (Å²) in [5.41, 5.74) is 6.43. The summed E-state index contributed by atoms with van der Waals surface area (Å²) in [6.45, 7) is 2.90. The number of aromatic amines is 1. The molecule has 0 spiro atoms. The minimum Gasteiger partial charge on any atom is -0.467 e. The number of β-amino-alcohol motifs (C(OH)–C–C–N with tert-alkyl or cyclic N) is 1. The molecule has 0 bridgehead atoms. The first-order chi connectivity index (χ1) is 12.1. The first kappa shape index (κ1) is 17.7. The molecule has 4 N–H and O–H groups in total. The van der Waals surface area contributed by atoms with E-state index in [1.165, 1.54) is 0 Å². The van der Waals surface area contributed by atoms with Crippen LogP contribution in [-0.4, -0.2) is 58.5 Å². The number of nitrogens with one attached hydrogen (secondary N) is 1. The van der Waals surface area contributed by atoms with Crippen molar-refractivity contribution in [3.8, 4) is 0 Å². The summed E-state index contributed by atoms with van der Waals surface area (Å²) < 4.78 is 10.7. The minimum atomic E-state index is -0.559. The van der Waals surface area contributed by atoms with Crippen LogP contribution < -0.4 is 5.73 Å². The molecule has 3 heterocycles. The largest absolute Gasteiger partial charge is 0.467 e. The van der Waals surface area contributed by atoms with Gasteiger partial charge < -0.3 is 24.9 Å². The number of H-pyrrole nitrogens is 1. The smallest absolute Gasteiger partial charge is 0.269 e. The summed E-state index contributed by atoms with van der Waals surface area (Å²) in [7, 11) is 0. The van der Waals surface area contributed by atoms with Crippen molar-refractivity contribution in [2.45, 2.75) is 31.5 Å². The zero-order chi connectivity index (χ0) is 17.6. The Hall–Kier alpha value is -2.16. The molecular weight excluding hydrogens is 324 g/mol. The van der Waals surface area contributed by atoms with Crippen LogP contribution in [0.2, 0.25) is 0 Å². The van der Waals surface area contributed by atoms with Gasteiger partial charge in [0.25, 0.3) is 5.91 Å². The number of furan rings is 1. The second kappa shape index (κ2) is 8.28. The molecule has 2 aromatic rings. The SMILES string of the molecule is NC(=O)c1cc([C@H]2CCCN(C[C@@H](O)COCc3ccco3)C2)[nH]n1. The molecule has 0 saturated carbocycles. The quantitative estimate of drug-likeness (QED) is 0.651. The maximum Gasteiger partial charge on any atom is 0.269 e. The molecule has 8 nitrogen and oxygen atoms in total. The van der Waals surface area contributed by atoms with Gasteiger partial charge in [0.05, 0.1) is 19.0 Å². The number of nitrogens with two attached hydrogens (primary N) is 1. The second-order valence-corrected chi connectivity index (χ2v) is 6.42. The van der Waals surface area contributed by atoms with Crippen LogP contribution in [0.15, 0.2) is 28.9 Å². The predicted octanol–water partition coefficient (Wildman–Crippen LogP) is 0.859. The Morgan fingerprint density at radius 2 is 2.48 bits per heavy atom. The fraction of sp³-hybridized carbons (Fsp3) is 0.529. The van der Waals surface area contributed by atoms with E-state index in [1.807, 2.05) is 12.1 Å². The molecular formula is C17H24N4O4. The van der Waals surface area contributed by atoms with Gasteiger partial charge in [-0.25, -0.2) is 0 Å². The highest BCUT2D eigenvalue weighted by Gasteiger charge is 2.25. The van der Waals surface area contributed by atoms with Crippen molar-refractivity contribution in [2.75, 3.05) is 26.2 Å². The molecule has 1 amide bonds. The van der Waals surface area contributed by atoms with E-state index in [0.717, 1.165) is 37.4 Å². The fourth-order valence-electron chi connectivity index (χ4n) is 3.19. The van der Waals surface area contributed by atoms with Gasteiger partial charge in [0.2, 0.25) is 0 Å². The lowest BCUT2D eigenvalue weighted by Crippen LogP contribution is -2.40. The zero-order valence-corrected chi connectivity index (χ0v) is 14.1. The molecule has 25 heavy (non-hydrogen) atoms. The number of likely N-dealkylation sites (tertiary alicyclic amines) is 1. The highest BCUT2D eigenvalue weighted by Crippen LogP contribution is 2.26. The maximum atomic E-state index is 11.2. The number of aliphatic hydroxyl groups excluding tert-OH is 1. The van der Waals surface area contributed by atoms with Gasteiger partial charge in [0.15, 0.2) is 0 Å². The molecule has 3 rings (SSSR count). The molecule has 0 unspecified atom stereocenters. The van der Waals surface area contributed by atoms with Crippen LogP contribution in [0.4, 0.5) is 0 Å². The van der Waals surface area contributed by atoms with E-state index in [0.29, 0.717) is 13.2 Å². The molecule has 136 valence electrons. The number of piperidine rings is 1. The highest BCUT2D eigenvalue weighted by atomic mass is 16.5. The summed E-state index contributed by atoms with van der Waals surface area (Å²) in [4.78, 5) is 13.4. The third kappa shape index (κ3) is 4.91. The van der Waals surface area contributed by atoms with Crippen molar-refractivity contribution >= 4 is 5.91 Å². The first-order valence-corrected chi connectivity index (χ1v) is 8.47. The Morgan fingerprint density at radius 3 is 3.20 bits per heavy atom. The molecule has 1 aliphatic rings. The van der Waals surface area contributed by atoms with Crippen molar-refractivity contribution in [2.24, 2.45) is 5.73 Å². The first-order valence-electron chi connectivity index (χ1n) is 8.47. The Bertz CT molecular complexity index is 670. The van der Waals surface area contributed by atoms with Crippen LogP contribution in [0.1, 0.15) is 40.7 Å². The van der Waals surface area contributed by atoms with Crippen LogP contribution in [0.3, 0.4) is 0 Å². The molecule has 0 aromatic carbocycles. The van der Waals surface area contributed by atoms with E-state index in [1.54, 1.807) is 12.3 Å². The lowest BCUT2D eigenvalue weighted by molar-refractivity contribution is 0.00118. The van der Waals surface area contributed by atoms with E-state index < -0.39 is 12.0 Å².